The molecule has 0 spiro atoms. The van der Waals surface area contributed by atoms with Crippen LogP contribution in [0.3, 0.4) is 0 Å². The van der Waals surface area contributed by atoms with E-state index >= 15 is 0 Å². The summed E-state index contributed by atoms with van der Waals surface area (Å²) in [5.74, 6) is 0.234. The average molecular weight is 747 g/mol. The molecule has 0 bridgehead atoms. The van der Waals surface area contributed by atoms with Crippen molar-refractivity contribution in [2.24, 2.45) is 0 Å². The van der Waals surface area contributed by atoms with Crippen molar-refractivity contribution < 1.29 is 16.8 Å². The number of sulfonamides is 2. The van der Waals surface area contributed by atoms with Gasteiger partial charge in [-0.05, 0) is 47.5 Å². The Balaban J connectivity index is 0.000000359. The molecule has 0 unspecified atom stereocenters. The first-order valence-corrected chi connectivity index (χ1v) is 16.3. The monoisotopic (exact) mass is 744 g/mol. The predicted molar refractivity (Wildman–Crippen MR) is 178 cm³/mol. The highest BCUT2D eigenvalue weighted by atomic mass is 35.5. The molecule has 0 saturated heterocycles. The van der Waals surface area contributed by atoms with E-state index in [1.807, 2.05) is 0 Å². The number of hydrogen-bond donors (Lipinski definition) is 2. The van der Waals surface area contributed by atoms with Crippen LogP contribution in [-0.2, 0) is 20.0 Å². The summed E-state index contributed by atoms with van der Waals surface area (Å²) in [6.45, 7) is 0. The molecule has 0 fully saturated rings. The second kappa shape index (κ2) is 17.2. The number of nitrogen functional groups attached to an aromatic ring is 1. The van der Waals surface area contributed by atoms with Crippen molar-refractivity contribution in [2.45, 2.75) is 17.2 Å². The van der Waals surface area contributed by atoms with Crippen molar-refractivity contribution >= 4 is 95.2 Å². The Labute approximate surface area is 282 Å². The van der Waals surface area contributed by atoms with Gasteiger partial charge in [0.25, 0.3) is 0 Å². The van der Waals surface area contributed by atoms with Gasteiger partial charge in [-0.1, -0.05) is 66.5 Å². The molecule has 0 amide bonds. The van der Waals surface area contributed by atoms with Gasteiger partial charge in [0.1, 0.15) is 14.8 Å². The Morgan fingerprint density at radius 2 is 1.14 bits per heavy atom. The summed E-state index contributed by atoms with van der Waals surface area (Å²) in [5.41, 5.74) is 6.16. The van der Waals surface area contributed by atoms with Gasteiger partial charge < -0.3 is 11.1 Å². The number of aromatic nitrogens is 4. The molecule has 0 radical (unpaired) electrons. The second-order valence-corrected chi connectivity index (χ2v) is 14.4. The Morgan fingerprint density at radius 3 is 1.64 bits per heavy atom. The summed E-state index contributed by atoms with van der Waals surface area (Å²) >= 11 is 27.9. The topological polar surface area (TPSA) is 164 Å². The average Bonchev–Trinajstić information content (AvgIpc) is 2.94. The molecular formula is C25H29Cl5N8O4S2. The number of hydrogen-bond acceptors (Lipinski definition) is 10. The minimum atomic E-state index is -3.60. The molecule has 44 heavy (non-hydrogen) atoms. The number of anilines is 3. The van der Waals surface area contributed by atoms with Gasteiger partial charge >= 0.3 is 0 Å². The minimum Gasteiger partial charge on any atom is -0.398 e. The Bertz CT molecular complexity index is 1780. The third-order valence-electron chi connectivity index (χ3n) is 4.96. The van der Waals surface area contributed by atoms with E-state index < -0.39 is 20.0 Å². The van der Waals surface area contributed by atoms with E-state index in [1.165, 1.54) is 52.7 Å². The predicted octanol–water partition coefficient (Wildman–Crippen LogP) is 6.37. The van der Waals surface area contributed by atoms with Crippen LogP contribution in [0.5, 0.6) is 0 Å². The Kier molecular flexibility index (Phi) is 15.5. The zero-order valence-corrected chi connectivity index (χ0v) is 28.3. The van der Waals surface area contributed by atoms with Crippen LogP contribution >= 0.6 is 58.0 Å². The number of benzene rings is 2. The van der Waals surface area contributed by atoms with Crippen LogP contribution in [0, 0.1) is 0 Å². The second-order valence-electron chi connectivity index (χ2n) is 8.35. The zero-order chi connectivity index (χ0) is 32.5. The molecule has 0 atom stereocenters. The van der Waals surface area contributed by atoms with E-state index in [-0.39, 0.29) is 49.5 Å². The molecule has 2 heterocycles. The van der Waals surface area contributed by atoms with Gasteiger partial charge in [0.2, 0.25) is 30.6 Å². The maximum absolute atomic E-state index is 12.3. The van der Waals surface area contributed by atoms with Gasteiger partial charge in [-0.2, -0.15) is 4.98 Å². The third kappa shape index (κ3) is 10.8. The fraction of sp³-hybridized carbons (Fsp3) is 0.200. The Hall–Kier alpha value is -2.53. The highest BCUT2D eigenvalue weighted by Crippen LogP contribution is 2.29. The van der Waals surface area contributed by atoms with Crippen LogP contribution in [0.4, 0.5) is 17.2 Å². The van der Waals surface area contributed by atoms with E-state index in [4.69, 9.17) is 63.7 Å². The van der Waals surface area contributed by atoms with Gasteiger partial charge in [-0.15, -0.1) is 0 Å². The number of para-hydroxylation sites is 2. The molecule has 0 aliphatic rings. The maximum atomic E-state index is 12.3. The fourth-order valence-electron chi connectivity index (χ4n) is 2.79. The van der Waals surface area contributed by atoms with Crippen molar-refractivity contribution in [1.29, 1.82) is 0 Å². The molecule has 240 valence electrons. The zero-order valence-electron chi connectivity index (χ0n) is 22.9. The summed E-state index contributed by atoms with van der Waals surface area (Å²) in [7, 11) is -1.13. The molecule has 12 nitrogen and oxygen atoms in total. The van der Waals surface area contributed by atoms with E-state index in [0.717, 1.165) is 8.61 Å². The molecule has 3 N–H and O–H groups in total. The van der Waals surface area contributed by atoms with Crippen LogP contribution in [0.2, 0.25) is 25.8 Å². The summed E-state index contributed by atoms with van der Waals surface area (Å²) in [6.07, 6.45) is 2.68. The van der Waals surface area contributed by atoms with Gasteiger partial charge in [0, 0.05) is 28.2 Å². The highest BCUT2D eigenvalue weighted by molar-refractivity contribution is 7.89. The van der Waals surface area contributed by atoms with Crippen molar-refractivity contribution in [3.05, 3.63) is 86.7 Å². The molecule has 2 aromatic heterocycles. The molecule has 4 aromatic rings. The summed E-state index contributed by atoms with van der Waals surface area (Å²) in [5, 5.41) is 3.70. The largest absolute Gasteiger partial charge is 0.398 e. The third-order valence-corrected chi connectivity index (χ3v) is 10.0. The number of rotatable bonds is 6. The fourth-order valence-corrected chi connectivity index (χ4v) is 5.51. The highest BCUT2D eigenvalue weighted by Gasteiger charge is 2.22. The lowest BCUT2D eigenvalue weighted by molar-refractivity contribution is 0.520. The van der Waals surface area contributed by atoms with Gasteiger partial charge in [-0.25, -0.2) is 40.4 Å². The number of nitrogens with two attached hydrogens (primary N) is 1. The molecule has 4 rings (SSSR count). The SMILES string of the molecule is C.CN(C)S(=O)(=O)c1ccccc1N.CN(C)S(=O)(=O)c1ccccc1Nc1nc(Cl)ncc1Cl.Clc1ncc(Cl)c(Cl)n1. The van der Waals surface area contributed by atoms with Gasteiger partial charge in [-0.3, -0.25) is 0 Å². The van der Waals surface area contributed by atoms with E-state index in [1.54, 1.807) is 36.4 Å². The number of halogens is 5. The standard InChI is InChI=1S/C12H12Cl2N4O2S.C8H12N2O2S.C4HCl3N2.CH4/c1-18(2)21(19,20)10-6-4-3-5-9(10)16-11-8(13)7-15-12(14)17-11;1-10(2)13(11,12)8-6-4-3-5-7(8)9;5-2-1-8-4(7)9-3(2)6;/h3-7H,1-2H3,(H,15,16,17);3-6H,9H2,1-2H3;1H;1H4. The lowest BCUT2D eigenvalue weighted by Gasteiger charge is -2.16. The molecule has 0 aliphatic heterocycles. The van der Waals surface area contributed by atoms with Crippen LogP contribution < -0.4 is 11.1 Å². The van der Waals surface area contributed by atoms with Crippen molar-refractivity contribution in [3.63, 3.8) is 0 Å². The lowest BCUT2D eigenvalue weighted by atomic mass is 10.3. The molecule has 2 aromatic carbocycles. The van der Waals surface area contributed by atoms with E-state index in [9.17, 15) is 16.8 Å². The van der Waals surface area contributed by atoms with E-state index in [2.05, 4.69) is 25.3 Å². The molecule has 0 aliphatic carbocycles. The quantitative estimate of drug-likeness (QED) is 0.129. The van der Waals surface area contributed by atoms with E-state index in [0.29, 0.717) is 10.7 Å². The summed E-state index contributed by atoms with van der Waals surface area (Å²) in [6, 6.07) is 12.8. The molecule has 0 saturated carbocycles. The van der Waals surface area contributed by atoms with Crippen LogP contribution in [0.25, 0.3) is 0 Å². The lowest BCUT2D eigenvalue weighted by Crippen LogP contribution is -2.23. The van der Waals surface area contributed by atoms with Gasteiger partial charge in [0.05, 0.1) is 28.8 Å². The molecule has 19 heteroatoms. The van der Waals surface area contributed by atoms with Gasteiger partial charge in [0.15, 0.2) is 11.0 Å². The normalized spacial score (nSPS) is 11.1. The summed E-state index contributed by atoms with van der Waals surface area (Å²) in [4.78, 5) is 15.1. The first-order chi connectivity index (χ1) is 20.0. The first-order valence-electron chi connectivity index (χ1n) is 11.6. The smallest absolute Gasteiger partial charge is 0.244 e. The van der Waals surface area contributed by atoms with Crippen molar-refractivity contribution in [1.82, 2.24) is 28.5 Å². The van der Waals surface area contributed by atoms with Crippen molar-refractivity contribution in [3.8, 4) is 0 Å². The first kappa shape index (κ1) is 39.5. The molecular weight excluding hydrogens is 718 g/mol. The van der Waals surface area contributed by atoms with Crippen molar-refractivity contribution in [2.75, 3.05) is 39.2 Å². The van der Waals surface area contributed by atoms with Crippen LogP contribution in [0.15, 0.2) is 70.7 Å². The minimum absolute atomic E-state index is 0. The number of nitrogens with zero attached hydrogens (tertiary/aromatic N) is 6. The summed E-state index contributed by atoms with van der Waals surface area (Å²) < 4.78 is 50.0. The van der Waals surface area contributed by atoms with Crippen LogP contribution in [-0.4, -0.2) is 73.6 Å². The number of nitrogens with one attached hydrogen (secondary N) is 1. The maximum Gasteiger partial charge on any atom is 0.244 e. The Morgan fingerprint density at radius 1 is 0.682 bits per heavy atom. The van der Waals surface area contributed by atoms with Crippen LogP contribution in [0.1, 0.15) is 7.43 Å².